The monoisotopic (exact) mass is 217 g/mol. The van der Waals surface area contributed by atoms with Crippen LogP contribution in [0.1, 0.15) is 25.7 Å². The minimum atomic E-state index is 0.618. The van der Waals surface area contributed by atoms with Gasteiger partial charge in [-0.25, -0.2) is 0 Å². The van der Waals surface area contributed by atoms with Crippen molar-refractivity contribution < 1.29 is 0 Å². The van der Waals surface area contributed by atoms with Crippen LogP contribution in [0.2, 0.25) is 0 Å². The van der Waals surface area contributed by atoms with Crippen molar-refractivity contribution in [3.8, 4) is 0 Å². The Hall–Kier alpha value is 0.660. The maximum absolute atomic E-state index is 3.73. The molecule has 0 aromatic heterocycles. The van der Waals surface area contributed by atoms with Gasteiger partial charge in [-0.2, -0.15) is 23.5 Å². The van der Waals surface area contributed by atoms with Gasteiger partial charge in [-0.05, 0) is 31.3 Å². The lowest BCUT2D eigenvalue weighted by Gasteiger charge is -2.41. The summed E-state index contributed by atoms with van der Waals surface area (Å²) in [7, 11) is 0. The van der Waals surface area contributed by atoms with E-state index in [1.54, 1.807) is 0 Å². The smallest absolute Gasteiger partial charge is 0.0281 e. The molecule has 2 rings (SSSR count). The molecule has 0 aromatic carbocycles. The van der Waals surface area contributed by atoms with Crippen molar-refractivity contribution in [3.05, 3.63) is 0 Å². The summed E-state index contributed by atoms with van der Waals surface area (Å²) in [5.74, 6) is 2.70. The van der Waals surface area contributed by atoms with E-state index in [1.165, 1.54) is 43.7 Å². The Morgan fingerprint density at radius 3 is 2.85 bits per heavy atom. The lowest BCUT2D eigenvalue weighted by atomic mass is 9.84. The Morgan fingerprint density at radius 1 is 1.54 bits per heavy atom. The Bertz CT molecular complexity index is 157. The molecule has 0 aromatic rings. The van der Waals surface area contributed by atoms with Gasteiger partial charge in [-0.1, -0.05) is 6.42 Å². The molecule has 13 heavy (non-hydrogen) atoms. The molecule has 1 N–H and O–H groups in total. The van der Waals surface area contributed by atoms with Gasteiger partial charge in [0, 0.05) is 23.1 Å². The van der Waals surface area contributed by atoms with Gasteiger partial charge in [-0.3, -0.25) is 0 Å². The van der Waals surface area contributed by atoms with Crippen molar-refractivity contribution in [2.24, 2.45) is 0 Å². The van der Waals surface area contributed by atoms with E-state index in [0.29, 0.717) is 4.75 Å². The third kappa shape index (κ3) is 2.37. The molecule has 1 saturated heterocycles. The number of rotatable bonds is 4. The first-order valence-electron chi connectivity index (χ1n) is 5.21. The van der Waals surface area contributed by atoms with Crippen molar-refractivity contribution in [3.63, 3.8) is 0 Å². The molecule has 1 unspecified atom stereocenters. The number of nitrogens with one attached hydrogen (secondary N) is 1. The Morgan fingerprint density at radius 2 is 2.38 bits per heavy atom. The Kier molecular flexibility index (Phi) is 3.49. The minimum Gasteiger partial charge on any atom is -0.312 e. The summed E-state index contributed by atoms with van der Waals surface area (Å²) < 4.78 is 0.618. The highest BCUT2D eigenvalue weighted by Crippen LogP contribution is 2.42. The van der Waals surface area contributed by atoms with Gasteiger partial charge in [0.1, 0.15) is 0 Å². The molecule has 0 radical (unpaired) electrons. The molecule has 1 atom stereocenters. The van der Waals surface area contributed by atoms with E-state index < -0.39 is 0 Å². The van der Waals surface area contributed by atoms with Gasteiger partial charge in [0.15, 0.2) is 0 Å². The zero-order chi connectivity index (χ0) is 9.15. The zero-order valence-corrected chi connectivity index (χ0v) is 9.98. The van der Waals surface area contributed by atoms with Gasteiger partial charge in [0.2, 0.25) is 0 Å². The molecule has 76 valence electrons. The second-order valence-corrected chi connectivity index (χ2v) is 6.61. The third-order valence-electron chi connectivity index (χ3n) is 3.34. The van der Waals surface area contributed by atoms with Crippen LogP contribution in [0.5, 0.6) is 0 Å². The molecule has 1 aliphatic heterocycles. The van der Waals surface area contributed by atoms with Crippen LogP contribution < -0.4 is 5.32 Å². The van der Waals surface area contributed by atoms with Crippen LogP contribution in [0.15, 0.2) is 0 Å². The SMILES string of the molecule is CSC1(CNC2CCSC2)CCC1. The van der Waals surface area contributed by atoms with Crippen LogP contribution in [-0.2, 0) is 0 Å². The predicted molar refractivity (Wildman–Crippen MR) is 63.8 cm³/mol. The van der Waals surface area contributed by atoms with Crippen LogP contribution in [0.4, 0.5) is 0 Å². The van der Waals surface area contributed by atoms with E-state index in [-0.39, 0.29) is 0 Å². The molecule has 2 fully saturated rings. The van der Waals surface area contributed by atoms with E-state index in [9.17, 15) is 0 Å². The van der Waals surface area contributed by atoms with Crippen LogP contribution in [0.25, 0.3) is 0 Å². The fourth-order valence-electron chi connectivity index (χ4n) is 2.05. The van der Waals surface area contributed by atoms with Gasteiger partial charge >= 0.3 is 0 Å². The van der Waals surface area contributed by atoms with Gasteiger partial charge in [0.25, 0.3) is 0 Å². The average molecular weight is 217 g/mol. The van der Waals surface area contributed by atoms with Crippen LogP contribution >= 0.6 is 23.5 Å². The quantitative estimate of drug-likeness (QED) is 0.776. The van der Waals surface area contributed by atoms with E-state index in [2.05, 4.69) is 35.1 Å². The summed E-state index contributed by atoms with van der Waals surface area (Å²) in [6, 6.07) is 0.814. The normalized spacial score (nSPS) is 31.6. The molecule has 1 heterocycles. The second kappa shape index (κ2) is 4.45. The minimum absolute atomic E-state index is 0.618. The molecule has 1 saturated carbocycles. The van der Waals surface area contributed by atoms with E-state index in [0.717, 1.165) is 6.04 Å². The molecule has 2 aliphatic rings. The standard InChI is InChI=1S/C10H19NS2/c1-12-10(4-2-5-10)8-11-9-3-6-13-7-9/h9,11H,2-8H2,1H3. The van der Waals surface area contributed by atoms with Crippen molar-refractivity contribution in [2.75, 3.05) is 24.3 Å². The first kappa shape index (κ1) is 10.2. The zero-order valence-electron chi connectivity index (χ0n) is 8.34. The molecule has 0 amide bonds. The fraction of sp³-hybridized carbons (Fsp3) is 1.00. The van der Waals surface area contributed by atoms with Crippen molar-refractivity contribution >= 4 is 23.5 Å². The summed E-state index contributed by atoms with van der Waals surface area (Å²) in [6.45, 7) is 1.25. The Labute approximate surface area is 89.8 Å². The lowest BCUT2D eigenvalue weighted by Crippen LogP contribution is -2.46. The maximum Gasteiger partial charge on any atom is 0.0281 e. The van der Waals surface area contributed by atoms with E-state index in [1.807, 2.05) is 0 Å². The molecule has 3 heteroatoms. The maximum atomic E-state index is 3.73. The highest BCUT2D eigenvalue weighted by atomic mass is 32.2. The topological polar surface area (TPSA) is 12.0 Å². The summed E-state index contributed by atoms with van der Waals surface area (Å²) in [5, 5.41) is 3.73. The molecular formula is C10H19NS2. The summed E-state index contributed by atoms with van der Waals surface area (Å²) in [6.07, 6.45) is 7.96. The van der Waals surface area contributed by atoms with Gasteiger partial charge in [0.05, 0.1) is 0 Å². The Balaban J connectivity index is 1.71. The fourth-order valence-corrected chi connectivity index (χ4v) is 4.16. The van der Waals surface area contributed by atoms with Crippen LogP contribution in [-0.4, -0.2) is 35.1 Å². The van der Waals surface area contributed by atoms with Gasteiger partial charge in [-0.15, -0.1) is 0 Å². The predicted octanol–water partition coefficient (Wildman–Crippen LogP) is 2.37. The largest absolute Gasteiger partial charge is 0.312 e. The first-order valence-corrected chi connectivity index (χ1v) is 7.59. The van der Waals surface area contributed by atoms with Crippen molar-refractivity contribution in [1.82, 2.24) is 5.32 Å². The molecule has 1 nitrogen and oxygen atoms in total. The van der Waals surface area contributed by atoms with Gasteiger partial charge < -0.3 is 5.32 Å². The number of thioether (sulfide) groups is 2. The van der Waals surface area contributed by atoms with Crippen molar-refractivity contribution in [1.29, 1.82) is 0 Å². The molecule has 0 spiro atoms. The summed E-state index contributed by atoms with van der Waals surface area (Å²) in [5.41, 5.74) is 0. The molecule has 1 aliphatic carbocycles. The average Bonchev–Trinajstić information content (AvgIpc) is 2.56. The number of hydrogen-bond acceptors (Lipinski definition) is 3. The number of hydrogen-bond donors (Lipinski definition) is 1. The second-order valence-electron chi connectivity index (χ2n) is 4.18. The molecule has 0 bridgehead atoms. The highest BCUT2D eigenvalue weighted by Gasteiger charge is 2.36. The first-order chi connectivity index (χ1) is 6.35. The molecular weight excluding hydrogens is 198 g/mol. The third-order valence-corrected chi connectivity index (χ3v) is 5.92. The highest BCUT2D eigenvalue weighted by molar-refractivity contribution is 8.00. The summed E-state index contributed by atoms with van der Waals surface area (Å²) >= 11 is 4.17. The van der Waals surface area contributed by atoms with Crippen LogP contribution in [0, 0.1) is 0 Å². The summed E-state index contributed by atoms with van der Waals surface area (Å²) in [4.78, 5) is 0. The van der Waals surface area contributed by atoms with Crippen molar-refractivity contribution in [2.45, 2.75) is 36.5 Å². The lowest BCUT2D eigenvalue weighted by molar-refractivity contribution is 0.334. The van der Waals surface area contributed by atoms with Crippen LogP contribution in [0.3, 0.4) is 0 Å². The van der Waals surface area contributed by atoms with E-state index in [4.69, 9.17) is 0 Å². The van der Waals surface area contributed by atoms with E-state index >= 15 is 0 Å².